The Morgan fingerprint density at radius 1 is 1.06 bits per heavy atom. The Hall–Kier alpha value is -2.16. The molecule has 0 bridgehead atoms. The molecule has 0 aromatic heterocycles. The van der Waals surface area contributed by atoms with Gasteiger partial charge < -0.3 is 5.11 Å². The van der Waals surface area contributed by atoms with Gasteiger partial charge in [0.2, 0.25) is 0 Å². The van der Waals surface area contributed by atoms with Gasteiger partial charge >= 0.3 is 5.97 Å². The van der Waals surface area contributed by atoms with E-state index in [4.69, 9.17) is 5.11 Å². The van der Waals surface area contributed by atoms with Crippen LogP contribution in [0, 0.1) is 12.7 Å². The Labute approximate surface area is 98.3 Å². The van der Waals surface area contributed by atoms with E-state index in [-0.39, 0.29) is 11.4 Å². The molecule has 2 aromatic rings. The summed E-state index contributed by atoms with van der Waals surface area (Å²) in [7, 11) is 0. The highest BCUT2D eigenvalue weighted by atomic mass is 19.1. The van der Waals surface area contributed by atoms with Gasteiger partial charge in [0, 0.05) is 5.56 Å². The van der Waals surface area contributed by atoms with Crippen LogP contribution in [0.2, 0.25) is 0 Å². The molecule has 2 nitrogen and oxygen atoms in total. The fraction of sp³-hybridized carbons (Fsp3) is 0.0714. The Morgan fingerprint density at radius 2 is 1.71 bits per heavy atom. The van der Waals surface area contributed by atoms with E-state index in [0.717, 1.165) is 0 Å². The lowest BCUT2D eigenvalue weighted by molar-refractivity contribution is 0.0696. The number of carboxylic acids is 1. The van der Waals surface area contributed by atoms with Gasteiger partial charge in [0.25, 0.3) is 0 Å². The second kappa shape index (κ2) is 4.37. The van der Waals surface area contributed by atoms with Crippen LogP contribution in [0.4, 0.5) is 4.39 Å². The molecule has 0 saturated carbocycles. The number of aromatic carboxylic acids is 1. The van der Waals surface area contributed by atoms with Crippen LogP contribution in [0.25, 0.3) is 11.1 Å². The number of hydrogen-bond acceptors (Lipinski definition) is 1. The predicted octanol–water partition coefficient (Wildman–Crippen LogP) is 3.50. The molecule has 0 spiro atoms. The van der Waals surface area contributed by atoms with Crippen LogP contribution in [0.1, 0.15) is 15.9 Å². The van der Waals surface area contributed by atoms with Crippen molar-refractivity contribution < 1.29 is 14.3 Å². The van der Waals surface area contributed by atoms with Crippen molar-refractivity contribution in [2.75, 3.05) is 0 Å². The van der Waals surface area contributed by atoms with Crippen molar-refractivity contribution in [1.29, 1.82) is 0 Å². The van der Waals surface area contributed by atoms with Crippen molar-refractivity contribution in [3.63, 3.8) is 0 Å². The first kappa shape index (κ1) is 11.3. The SMILES string of the molecule is Cc1c(C(=O)O)cccc1-c1ccccc1F. The molecule has 86 valence electrons. The second-order valence-electron chi connectivity index (χ2n) is 3.76. The molecule has 2 aromatic carbocycles. The lowest BCUT2D eigenvalue weighted by atomic mass is 9.96. The van der Waals surface area contributed by atoms with E-state index in [0.29, 0.717) is 16.7 Å². The van der Waals surface area contributed by atoms with Crippen molar-refractivity contribution in [3.05, 3.63) is 59.4 Å². The van der Waals surface area contributed by atoms with Gasteiger partial charge in [-0.25, -0.2) is 9.18 Å². The molecular formula is C14H11FO2. The summed E-state index contributed by atoms with van der Waals surface area (Å²) in [5.41, 5.74) is 1.81. The quantitative estimate of drug-likeness (QED) is 0.857. The number of carbonyl (C=O) groups is 1. The molecule has 17 heavy (non-hydrogen) atoms. The third-order valence-electron chi connectivity index (χ3n) is 2.73. The Kier molecular flexibility index (Phi) is 2.91. The highest BCUT2D eigenvalue weighted by Gasteiger charge is 2.13. The van der Waals surface area contributed by atoms with Gasteiger partial charge in [0.1, 0.15) is 5.82 Å². The number of hydrogen-bond donors (Lipinski definition) is 1. The van der Waals surface area contributed by atoms with Crippen LogP contribution < -0.4 is 0 Å². The number of halogens is 1. The molecule has 0 amide bonds. The molecule has 1 N–H and O–H groups in total. The summed E-state index contributed by atoms with van der Waals surface area (Å²) in [6, 6.07) is 11.2. The fourth-order valence-electron chi connectivity index (χ4n) is 1.84. The van der Waals surface area contributed by atoms with E-state index >= 15 is 0 Å². The van der Waals surface area contributed by atoms with Crippen LogP contribution in [0.5, 0.6) is 0 Å². The van der Waals surface area contributed by atoms with E-state index in [1.165, 1.54) is 12.1 Å². The molecular weight excluding hydrogens is 219 g/mol. The van der Waals surface area contributed by atoms with E-state index in [9.17, 15) is 9.18 Å². The zero-order valence-electron chi connectivity index (χ0n) is 9.27. The summed E-state index contributed by atoms with van der Waals surface area (Å²) < 4.78 is 13.6. The van der Waals surface area contributed by atoms with Gasteiger partial charge in [0.05, 0.1) is 5.56 Å². The highest BCUT2D eigenvalue weighted by Crippen LogP contribution is 2.27. The molecule has 0 aliphatic heterocycles. The van der Waals surface area contributed by atoms with E-state index < -0.39 is 5.97 Å². The summed E-state index contributed by atoms with van der Waals surface area (Å²) in [6.07, 6.45) is 0. The predicted molar refractivity (Wildman–Crippen MR) is 63.5 cm³/mol. The van der Waals surface area contributed by atoms with E-state index in [2.05, 4.69) is 0 Å². The number of carboxylic acid groups (broad SMARTS) is 1. The first-order valence-electron chi connectivity index (χ1n) is 5.19. The minimum atomic E-state index is -0.999. The second-order valence-corrected chi connectivity index (χ2v) is 3.76. The average molecular weight is 230 g/mol. The molecule has 0 fully saturated rings. The summed E-state index contributed by atoms with van der Waals surface area (Å²) in [5, 5.41) is 9.01. The van der Waals surface area contributed by atoms with Gasteiger partial charge in [-0.15, -0.1) is 0 Å². The normalized spacial score (nSPS) is 10.2. The average Bonchev–Trinajstić information content (AvgIpc) is 2.30. The molecule has 0 aliphatic carbocycles. The zero-order valence-corrected chi connectivity index (χ0v) is 9.27. The summed E-state index contributed by atoms with van der Waals surface area (Å²) >= 11 is 0. The molecule has 0 radical (unpaired) electrons. The van der Waals surface area contributed by atoms with Gasteiger partial charge in [-0.1, -0.05) is 30.3 Å². The molecule has 3 heteroatoms. The van der Waals surface area contributed by atoms with E-state index in [1.54, 1.807) is 37.3 Å². The van der Waals surface area contributed by atoms with Crippen LogP contribution in [-0.2, 0) is 0 Å². The van der Waals surface area contributed by atoms with Crippen molar-refractivity contribution >= 4 is 5.97 Å². The largest absolute Gasteiger partial charge is 0.478 e. The maximum Gasteiger partial charge on any atom is 0.335 e. The molecule has 0 saturated heterocycles. The van der Waals surface area contributed by atoms with Crippen molar-refractivity contribution in [3.8, 4) is 11.1 Å². The monoisotopic (exact) mass is 230 g/mol. The van der Waals surface area contributed by atoms with Crippen molar-refractivity contribution in [2.24, 2.45) is 0 Å². The Morgan fingerprint density at radius 3 is 2.35 bits per heavy atom. The van der Waals surface area contributed by atoms with Gasteiger partial charge in [0.15, 0.2) is 0 Å². The summed E-state index contributed by atoms with van der Waals surface area (Å²) in [5.74, 6) is -1.35. The van der Waals surface area contributed by atoms with Gasteiger partial charge in [-0.2, -0.15) is 0 Å². The lowest BCUT2D eigenvalue weighted by Gasteiger charge is -2.09. The minimum Gasteiger partial charge on any atom is -0.478 e. The van der Waals surface area contributed by atoms with Crippen LogP contribution in [0.3, 0.4) is 0 Å². The minimum absolute atomic E-state index is 0.200. The van der Waals surface area contributed by atoms with Crippen molar-refractivity contribution in [1.82, 2.24) is 0 Å². The number of benzene rings is 2. The molecule has 0 atom stereocenters. The Bertz CT molecular complexity index is 576. The number of rotatable bonds is 2. The van der Waals surface area contributed by atoms with Gasteiger partial charge in [-0.3, -0.25) is 0 Å². The lowest BCUT2D eigenvalue weighted by Crippen LogP contribution is -2.01. The maximum atomic E-state index is 13.6. The third-order valence-corrected chi connectivity index (χ3v) is 2.73. The molecule has 0 heterocycles. The third kappa shape index (κ3) is 2.04. The van der Waals surface area contributed by atoms with Crippen LogP contribution in [0.15, 0.2) is 42.5 Å². The highest BCUT2D eigenvalue weighted by molar-refractivity contribution is 5.92. The smallest absolute Gasteiger partial charge is 0.335 e. The molecule has 2 rings (SSSR count). The summed E-state index contributed by atoms with van der Waals surface area (Å²) in [4.78, 5) is 11.0. The fourth-order valence-corrected chi connectivity index (χ4v) is 1.84. The maximum absolute atomic E-state index is 13.6. The molecule has 0 unspecified atom stereocenters. The van der Waals surface area contributed by atoms with Crippen LogP contribution in [-0.4, -0.2) is 11.1 Å². The topological polar surface area (TPSA) is 37.3 Å². The zero-order chi connectivity index (χ0) is 12.4. The van der Waals surface area contributed by atoms with E-state index in [1.807, 2.05) is 0 Å². The first-order chi connectivity index (χ1) is 8.11. The Balaban J connectivity index is 2.65. The van der Waals surface area contributed by atoms with Crippen LogP contribution >= 0.6 is 0 Å². The first-order valence-corrected chi connectivity index (χ1v) is 5.19. The molecule has 0 aliphatic rings. The standard InChI is InChI=1S/C14H11FO2/c1-9-10(6-4-7-11(9)14(16)17)12-5-2-3-8-13(12)15/h2-8H,1H3,(H,16,17). The van der Waals surface area contributed by atoms with Crippen molar-refractivity contribution in [2.45, 2.75) is 6.92 Å². The van der Waals surface area contributed by atoms with Gasteiger partial charge in [-0.05, 0) is 30.2 Å². The summed E-state index contributed by atoms with van der Waals surface area (Å²) in [6.45, 7) is 1.69.